The molecule has 2 aromatic rings. The minimum absolute atomic E-state index is 0. The van der Waals surface area contributed by atoms with Crippen molar-refractivity contribution < 1.29 is 4.39 Å². The smallest absolute Gasteiger partial charge is 0.152 e. The highest BCUT2D eigenvalue weighted by Gasteiger charge is 2.21. The van der Waals surface area contributed by atoms with E-state index in [0.29, 0.717) is 11.1 Å². The molecular formula is C13H16ClFN2. The van der Waals surface area contributed by atoms with Crippen molar-refractivity contribution >= 4 is 23.2 Å². The predicted octanol–water partition coefficient (Wildman–Crippen LogP) is 3.30. The maximum atomic E-state index is 13.9. The van der Waals surface area contributed by atoms with Crippen LogP contribution in [0.2, 0.25) is 0 Å². The number of hydrogen-bond acceptors (Lipinski definition) is 2. The average Bonchev–Trinajstić information content (AvgIpc) is 2.22. The minimum atomic E-state index is -0.571. The van der Waals surface area contributed by atoms with Gasteiger partial charge in [0.2, 0.25) is 0 Å². The molecule has 2 N–H and O–H groups in total. The molecule has 1 aromatic carbocycles. The topological polar surface area (TPSA) is 38.9 Å². The first-order chi connectivity index (χ1) is 7.41. The van der Waals surface area contributed by atoms with E-state index in [4.69, 9.17) is 5.73 Å². The number of rotatable bonds is 1. The van der Waals surface area contributed by atoms with Crippen LogP contribution < -0.4 is 5.73 Å². The quantitative estimate of drug-likeness (QED) is 0.848. The van der Waals surface area contributed by atoms with Crippen molar-refractivity contribution in [2.45, 2.75) is 26.3 Å². The van der Waals surface area contributed by atoms with Gasteiger partial charge in [-0.3, -0.25) is 4.98 Å². The lowest BCUT2D eigenvalue weighted by molar-refractivity contribution is 0.533. The van der Waals surface area contributed by atoms with E-state index in [0.717, 1.165) is 11.1 Å². The van der Waals surface area contributed by atoms with E-state index in [1.165, 1.54) is 0 Å². The lowest BCUT2D eigenvalue weighted by Crippen LogP contribution is -2.30. The normalized spacial score (nSPS) is 11.4. The van der Waals surface area contributed by atoms with Crippen molar-refractivity contribution in [3.63, 3.8) is 0 Å². The van der Waals surface area contributed by atoms with Crippen molar-refractivity contribution in [1.29, 1.82) is 0 Å². The fourth-order valence-corrected chi connectivity index (χ4v) is 1.84. The molecule has 92 valence electrons. The summed E-state index contributed by atoms with van der Waals surface area (Å²) >= 11 is 0. The second kappa shape index (κ2) is 4.59. The van der Waals surface area contributed by atoms with Crippen LogP contribution in [-0.4, -0.2) is 4.98 Å². The van der Waals surface area contributed by atoms with Crippen LogP contribution in [-0.2, 0) is 5.54 Å². The first kappa shape index (κ1) is 13.9. The second-order valence-corrected chi connectivity index (χ2v) is 4.63. The maximum absolute atomic E-state index is 13.9. The summed E-state index contributed by atoms with van der Waals surface area (Å²) in [4.78, 5) is 4.27. The van der Waals surface area contributed by atoms with Gasteiger partial charge in [-0.25, -0.2) is 4.39 Å². The number of pyridine rings is 1. The Morgan fingerprint density at radius 3 is 2.24 bits per heavy atom. The molecular weight excluding hydrogens is 239 g/mol. The summed E-state index contributed by atoms with van der Waals surface area (Å²) in [5.41, 5.74) is 6.62. The van der Waals surface area contributed by atoms with Crippen LogP contribution in [0.15, 0.2) is 24.3 Å². The van der Waals surface area contributed by atoms with Gasteiger partial charge in [-0.05, 0) is 20.8 Å². The number of nitrogens with two attached hydrogens (primary N) is 1. The maximum Gasteiger partial charge on any atom is 0.152 e. The molecule has 0 atom stereocenters. The van der Waals surface area contributed by atoms with Crippen LogP contribution >= 0.6 is 12.4 Å². The standard InChI is InChI=1S/C13H15FN2.ClH/c1-8-11(14)9-6-4-5-7-10(9)12(16-8)13(2,3)15;/h4-7H,15H2,1-3H3;1H. The summed E-state index contributed by atoms with van der Waals surface area (Å²) < 4.78 is 13.9. The Kier molecular flexibility index (Phi) is 3.74. The van der Waals surface area contributed by atoms with Crippen molar-refractivity contribution in [1.82, 2.24) is 4.98 Å². The van der Waals surface area contributed by atoms with Gasteiger partial charge in [0.05, 0.1) is 16.9 Å². The summed E-state index contributed by atoms with van der Waals surface area (Å²) in [6.45, 7) is 5.41. The van der Waals surface area contributed by atoms with E-state index in [-0.39, 0.29) is 18.2 Å². The van der Waals surface area contributed by atoms with Crippen molar-refractivity contribution in [2.75, 3.05) is 0 Å². The van der Waals surface area contributed by atoms with Gasteiger partial charge in [-0.2, -0.15) is 0 Å². The van der Waals surface area contributed by atoms with Crippen molar-refractivity contribution in [2.24, 2.45) is 5.73 Å². The lowest BCUT2D eigenvalue weighted by Gasteiger charge is -2.21. The molecule has 0 aliphatic carbocycles. The molecule has 1 aromatic heterocycles. The summed E-state index contributed by atoms with van der Waals surface area (Å²) in [7, 11) is 0. The van der Waals surface area contributed by atoms with Gasteiger partial charge in [0.25, 0.3) is 0 Å². The number of halogens is 2. The molecule has 4 heteroatoms. The van der Waals surface area contributed by atoms with Crippen molar-refractivity contribution in [3.8, 4) is 0 Å². The third kappa shape index (κ3) is 2.40. The fourth-order valence-electron chi connectivity index (χ4n) is 1.84. The third-order valence-corrected chi connectivity index (χ3v) is 2.63. The summed E-state index contributed by atoms with van der Waals surface area (Å²) in [5, 5.41) is 1.38. The Morgan fingerprint density at radius 1 is 1.18 bits per heavy atom. The van der Waals surface area contributed by atoms with Gasteiger partial charge >= 0.3 is 0 Å². The first-order valence-corrected chi connectivity index (χ1v) is 5.25. The van der Waals surface area contributed by atoms with Crippen LogP contribution in [0.5, 0.6) is 0 Å². The molecule has 1 heterocycles. The summed E-state index contributed by atoms with van der Waals surface area (Å²) in [6, 6.07) is 7.30. The van der Waals surface area contributed by atoms with Crippen LogP contribution in [0.25, 0.3) is 10.8 Å². The summed E-state index contributed by atoms with van der Waals surface area (Å²) in [6.07, 6.45) is 0. The molecule has 0 saturated carbocycles. The van der Waals surface area contributed by atoms with E-state index in [9.17, 15) is 4.39 Å². The number of aromatic nitrogens is 1. The third-order valence-electron chi connectivity index (χ3n) is 2.63. The molecule has 2 rings (SSSR count). The van der Waals surface area contributed by atoms with E-state index in [1.54, 1.807) is 13.0 Å². The van der Waals surface area contributed by atoms with E-state index < -0.39 is 5.54 Å². The van der Waals surface area contributed by atoms with Crippen molar-refractivity contribution in [3.05, 3.63) is 41.5 Å². The van der Waals surface area contributed by atoms with Gasteiger partial charge < -0.3 is 5.73 Å². The number of hydrogen-bond donors (Lipinski definition) is 1. The highest BCUT2D eigenvalue weighted by molar-refractivity contribution is 5.86. The Labute approximate surface area is 106 Å². The number of aryl methyl sites for hydroxylation is 1. The number of benzene rings is 1. The zero-order chi connectivity index (χ0) is 11.9. The molecule has 17 heavy (non-hydrogen) atoms. The van der Waals surface area contributed by atoms with Crippen LogP contribution in [0.3, 0.4) is 0 Å². The Hall–Kier alpha value is -1.19. The minimum Gasteiger partial charge on any atom is -0.321 e. The largest absolute Gasteiger partial charge is 0.321 e. The van der Waals surface area contributed by atoms with Crippen LogP contribution in [0.1, 0.15) is 25.2 Å². The predicted molar refractivity (Wildman–Crippen MR) is 70.9 cm³/mol. The van der Waals surface area contributed by atoms with E-state index in [2.05, 4.69) is 4.98 Å². The van der Waals surface area contributed by atoms with Gasteiger partial charge in [0.1, 0.15) is 0 Å². The highest BCUT2D eigenvalue weighted by Crippen LogP contribution is 2.27. The highest BCUT2D eigenvalue weighted by atomic mass is 35.5. The molecule has 0 aliphatic rings. The summed E-state index contributed by atoms with van der Waals surface area (Å²) in [5.74, 6) is -0.261. The van der Waals surface area contributed by atoms with Gasteiger partial charge in [-0.15, -0.1) is 12.4 Å². The zero-order valence-electron chi connectivity index (χ0n) is 10.1. The second-order valence-electron chi connectivity index (χ2n) is 4.63. The number of fused-ring (bicyclic) bond motifs is 1. The molecule has 0 radical (unpaired) electrons. The molecule has 0 spiro atoms. The molecule has 0 saturated heterocycles. The zero-order valence-corrected chi connectivity index (χ0v) is 10.9. The molecule has 0 aliphatic heterocycles. The Balaban J connectivity index is 0.00000144. The molecule has 0 unspecified atom stereocenters. The number of nitrogens with zero attached hydrogens (tertiary/aromatic N) is 1. The lowest BCUT2D eigenvalue weighted by atomic mass is 9.95. The fraction of sp³-hybridized carbons (Fsp3) is 0.308. The monoisotopic (exact) mass is 254 g/mol. The molecule has 0 amide bonds. The molecule has 0 fully saturated rings. The molecule has 0 bridgehead atoms. The van der Waals surface area contributed by atoms with E-state index in [1.807, 2.05) is 32.0 Å². The van der Waals surface area contributed by atoms with Gasteiger partial charge in [-0.1, -0.05) is 24.3 Å². The Bertz CT molecular complexity index is 547. The molecule has 2 nitrogen and oxygen atoms in total. The van der Waals surface area contributed by atoms with Gasteiger partial charge in [0, 0.05) is 10.8 Å². The van der Waals surface area contributed by atoms with Crippen LogP contribution in [0.4, 0.5) is 4.39 Å². The van der Waals surface area contributed by atoms with Crippen LogP contribution in [0, 0.1) is 12.7 Å². The first-order valence-electron chi connectivity index (χ1n) is 5.25. The Morgan fingerprint density at radius 2 is 1.71 bits per heavy atom. The average molecular weight is 255 g/mol. The van der Waals surface area contributed by atoms with E-state index >= 15 is 0 Å². The SMILES string of the molecule is Cc1nc(C(C)(C)N)c2ccccc2c1F.Cl. The van der Waals surface area contributed by atoms with Gasteiger partial charge in [0.15, 0.2) is 5.82 Å².